The predicted octanol–water partition coefficient (Wildman–Crippen LogP) is 19.5. The third kappa shape index (κ3) is 52.9. The minimum absolute atomic E-state index is 0.0738. The van der Waals surface area contributed by atoms with E-state index >= 15 is 0 Å². The number of allylic oxidation sites excluding steroid dienone is 4. The standard InChI is InChI=1S/C60H112O6/c1-4-7-10-13-16-19-22-23-24-25-26-27-28-29-30-31-32-33-34-35-36-37-38-39-42-44-47-50-53-59(62)65-56-57(66-60(63)54-51-48-45-41-21-18-15-12-9-6-3)55-64-58(61)52-49-46-43-40-20-17-14-11-8-5-2/h11-12,14-15,57H,4-10,13,16-56H2,1-3H3/b14-11-,15-12-. The van der Waals surface area contributed by atoms with Crippen LogP contribution in [0.25, 0.3) is 0 Å². The zero-order valence-electron chi connectivity index (χ0n) is 44.5. The van der Waals surface area contributed by atoms with Gasteiger partial charge in [-0.25, -0.2) is 0 Å². The van der Waals surface area contributed by atoms with Crippen LogP contribution in [0.2, 0.25) is 0 Å². The van der Waals surface area contributed by atoms with Gasteiger partial charge in [0.05, 0.1) is 0 Å². The van der Waals surface area contributed by atoms with Gasteiger partial charge in [0.25, 0.3) is 0 Å². The highest BCUT2D eigenvalue weighted by molar-refractivity contribution is 5.71. The van der Waals surface area contributed by atoms with Crippen molar-refractivity contribution in [2.45, 2.75) is 329 Å². The number of esters is 3. The van der Waals surface area contributed by atoms with Gasteiger partial charge in [0.2, 0.25) is 0 Å². The van der Waals surface area contributed by atoms with E-state index in [0.29, 0.717) is 19.3 Å². The Morgan fingerprint density at radius 3 is 0.818 bits per heavy atom. The Morgan fingerprint density at radius 2 is 0.530 bits per heavy atom. The number of carbonyl (C=O) groups is 3. The molecule has 0 aliphatic rings. The van der Waals surface area contributed by atoms with Crippen molar-refractivity contribution in [1.82, 2.24) is 0 Å². The van der Waals surface area contributed by atoms with Crippen LogP contribution in [0.1, 0.15) is 323 Å². The van der Waals surface area contributed by atoms with Gasteiger partial charge in [-0.2, -0.15) is 0 Å². The van der Waals surface area contributed by atoms with Crippen LogP contribution in [-0.2, 0) is 28.6 Å². The lowest BCUT2D eigenvalue weighted by atomic mass is 10.0. The van der Waals surface area contributed by atoms with E-state index in [1.54, 1.807) is 0 Å². The first kappa shape index (κ1) is 63.9. The normalized spacial score (nSPS) is 12.1. The Hall–Kier alpha value is -2.11. The van der Waals surface area contributed by atoms with Crippen molar-refractivity contribution in [3.63, 3.8) is 0 Å². The molecular formula is C60H112O6. The SMILES string of the molecule is CCC/C=C\CCCCCCCC(=O)OCC(COC(=O)CCCCCCCCCCCCCCCCCCCCCCCCCCCCCC)OC(=O)CCCCCCC/C=C\CCC. The van der Waals surface area contributed by atoms with Gasteiger partial charge < -0.3 is 14.2 Å². The van der Waals surface area contributed by atoms with Crippen molar-refractivity contribution in [2.75, 3.05) is 13.2 Å². The molecule has 388 valence electrons. The minimum Gasteiger partial charge on any atom is -0.462 e. The molecule has 0 aromatic rings. The first-order valence-corrected chi connectivity index (χ1v) is 29.3. The minimum atomic E-state index is -0.773. The molecule has 0 amide bonds. The summed E-state index contributed by atoms with van der Waals surface area (Å²) >= 11 is 0. The number of hydrogen-bond donors (Lipinski definition) is 0. The zero-order chi connectivity index (χ0) is 47.9. The van der Waals surface area contributed by atoms with Crippen LogP contribution in [-0.4, -0.2) is 37.2 Å². The highest BCUT2D eigenvalue weighted by atomic mass is 16.6. The van der Waals surface area contributed by atoms with Gasteiger partial charge in [0.1, 0.15) is 13.2 Å². The lowest BCUT2D eigenvalue weighted by Crippen LogP contribution is -2.30. The van der Waals surface area contributed by atoms with E-state index in [0.717, 1.165) is 89.9 Å². The summed E-state index contributed by atoms with van der Waals surface area (Å²) in [6, 6.07) is 0. The molecule has 0 aromatic heterocycles. The first-order chi connectivity index (χ1) is 32.5. The maximum Gasteiger partial charge on any atom is 0.306 e. The van der Waals surface area contributed by atoms with Gasteiger partial charge in [-0.1, -0.05) is 270 Å². The molecule has 6 heteroatoms. The zero-order valence-corrected chi connectivity index (χ0v) is 44.5. The Bertz CT molecular complexity index is 1070. The number of hydrogen-bond acceptors (Lipinski definition) is 6. The fraction of sp³-hybridized carbons (Fsp3) is 0.883. The topological polar surface area (TPSA) is 78.9 Å². The third-order valence-electron chi connectivity index (χ3n) is 13.1. The number of carbonyl (C=O) groups excluding carboxylic acids is 3. The van der Waals surface area contributed by atoms with E-state index in [1.807, 2.05) is 0 Å². The smallest absolute Gasteiger partial charge is 0.306 e. The van der Waals surface area contributed by atoms with E-state index in [2.05, 4.69) is 45.1 Å². The molecular weight excluding hydrogens is 817 g/mol. The molecule has 66 heavy (non-hydrogen) atoms. The molecule has 1 unspecified atom stereocenters. The largest absolute Gasteiger partial charge is 0.462 e. The fourth-order valence-electron chi connectivity index (χ4n) is 8.74. The highest BCUT2D eigenvalue weighted by Crippen LogP contribution is 2.18. The van der Waals surface area contributed by atoms with Crippen LogP contribution in [0.15, 0.2) is 24.3 Å². The Kier molecular flexibility index (Phi) is 53.7. The molecule has 0 spiro atoms. The van der Waals surface area contributed by atoms with Gasteiger partial charge in [0.15, 0.2) is 6.10 Å². The molecule has 6 nitrogen and oxygen atoms in total. The van der Waals surface area contributed by atoms with Gasteiger partial charge in [-0.05, 0) is 57.8 Å². The van der Waals surface area contributed by atoms with E-state index in [4.69, 9.17) is 14.2 Å². The molecule has 0 saturated heterocycles. The van der Waals surface area contributed by atoms with Gasteiger partial charge in [0, 0.05) is 19.3 Å². The second kappa shape index (κ2) is 55.5. The average molecular weight is 930 g/mol. The summed E-state index contributed by atoms with van der Waals surface area (Å²) in [4.78, 5) is 37.9. The lowest BCUT2D eigenvalue weighted by Gasteiger charge is -2.18. The predicted molar refractivity (Wildman–Crippen MR) is 284 cm³/mol. The Morgan fingerprint density at radius 1 is 0.288 bits per heavy atom. The maximum absolute atomic E-state index is 12.7. The second-order valence-electron chi connectivity index (χ2n) is 19.9. The number of rotatable bonds is 54. The Labute approximate surface area is 411 Å². The van der Waals surface area contributed by atoms with Crippen molar-refractivity contribution >= 4 is 17.9 Å². The summed E-state index contributed by atoms with van der Waals surface area (Å²) in [5.41, 5.74) is 0. The summed E-state index contributed by atoms with van der Waals surface area (Å²) in [5.74, 6) is -0.882. The quantitative estimate of drug-likeness (QED) is 0.0262. The van der Waals surface area contributed by atoms with E-state index in [1.165, 1.54) is 193 Å². The second-order valence-corrected chi connectivity index (χ2v) is 19.9. The first-order valence-electron chi connectivity index (χ1n) is 29.3. The molecule has 0 aliphatic carbocycles. The summed E-state index contributed by atoms with van der Waals surface area (Å²) in [6.45, 7) is 6.54. The summed E-state index contributed by atoms with van der Waals surface area (Å²) in [6.07, 6.45) is 65.0. The van der Waals surface area contributed by atoms with E-state index in [9.17, 15) is 14.4 Å². The van der Waals surface area contributed by atoms with Crippen molar-refractivity contribution < 1.29 is 28.6 Å². The van der Waals surface area contributed by atoms with Gasteiger partial charge >= 0.3 is 17.9 Å². The molecule has 0 rings (SSSR count). The van der Waals surface area contributed by atoms with Crippen molar-refractivity contribution in [3.8, 4) is 0 Å². The average Bonchev–Trinajstić information content (AvgIpc) is 3.31. The van der Waals surface area contributed by atoms with Crippen LogP contribution in [0, 0.1) is 0 Å². The summed E-state index contributed by atoms with van der Waals surface area (Å²) in [7, 11) is 0. The van der Waals surface area contributed by atoms with Crippen molar-refractivity contribution in [3.05, 3.63) is 24.3 Å². The molecule has 0 saturated carbocycles. The highest BCUT2D eigenvalue weighted by Gasteiger charge is 2.19. The third-order valence-corrected chi connectivity index (χ3v) is 13.1. The van der Waals surface area contributed by atoms with Crippen LogP contribution in [0.3, 0.4) is 0 Å². The molecule has 0 bridgehead atoms. The summed E-state index contributed by atoms with van der Waals surface area (Å²) in [5, 5.41) is 0. The van der Waals surface area contributed by atoms with Gasteiger partial charge in [-0.3, -0.25) is 14.4 Å². The van der Waals surface area contributed by atoms with Gasteiger partial charge in [-0.15, -0.1) is 0 Å². The van der Waals surface area contributed by atoms with E-state index in [-0.39, 0.29) is 31.1 Å². The molecule has 0 aliphatic heterocycles. The molecule has 0 radical (unpaired) electrons. The number of unbranched alkanes of at least 4 members (excludes halogenated alkanes) is 39. The van der Waals surface area contributed by atoms with Crippen LogP contribution in [0.4, 0.5) is 0 Å². The van der Waals surface area contributed by atoms with Crippen molar-refractivity contribution in [1.29, 1.82) is 0 Å². The van der Waals surface area contributed by atoms with Crippen LogP contribution < -0.4 is 0 Å². The molecule has 0 N–H and O–H groups in total. The Balaban J connectivity index is 4.01. The van der Waals surface area contributed by atoms with E-state index < -0.39 is 6.10 Å². The van der Waals surface area contributed by atoms with Crippen LogP contribution in [0.5, 0.6) is 0 Å². The monoisotopic (exact) mass is 929 g/mol. The lowest BCUT2D eigenvalue weighted by molar-refractivity contribution is -0.167. The molecule has 1 atom stereocenters. The fourth-order valence-corrected chi connectivity index (χ4v) is 8.74. The molecule has 0 heterocycles. The number of ether oxygens (including phenoxy) is 3. The maximum atomic E-state index is 12.7. The van der Waals surface area contributed by atoms with Crippen molar-refractivity contribution in [2.24, 2.45) is 0 Å². The molecule has 0 fully saturated rings. The van der Waals surface area contributed by atoms with Crippen LogP contribution >= 0.6 is 0 Å². The molecule has 0 aromatic carbocycles. The summed E-state index contributed by atoms with van der Waals surface area (Å²) < 4.78 is 16.8.